The summed E-state index contributed by atoms with van der Waals surface area (Å²) in [5, 5.41) is 10.2. The Morgan fingerprint density at radius 3 is 2.43 bits per heavy atom. The first-order valence-electron chi connectivity index (χ1n) is 7.61. The highest BCUT2D eigenvalue weighted by Crippen LogP contribution is 2.23. The number of aromatic hydroxyl groups is 1. The molecule has 2 rings (SSSR count). The maximum Gasteiger partial charge on any atom is 0.223 e. The normalized spacial score (nSPS) is 23.7. The summed E-state index contributed by atoms with van der Waals surface area (Å²) in [7, 11) is 0. The first-order chi connectivity index (χ1) is 9.79. The second kappa shape index (κ2) is 6.20. The van der Waals surface area contributed by atoms with Crippen LogP contribution in [-0.2, 0) is 11.3 Å². The van der Waals surface area contributed by atoms with Crippen LogP contribution in [0.5, 0.6) is 5.75 Å². The van der Waals surface area contributed by atoms with Gasteiger partial charge in [-0.1, -0.05) is 0 Å². The van der Waals surface area contributed by atoms with E-state index in [1.165, 1.54) is 6.07 Å². The molecule has 2 heterocycles. The molecule has 0 saturated carbocycles. The zero-order valence-electron chi connectivity index (χ0n) is 13.6. The summed E-state index contributed by atoms with van der Waals surface area (Å²) in [6, 6.07) is 1.70. The standard InChI is InChI=1S/C16H26N2O3/c1-10(2)18-11(3)6-15(19)16(20)14(18)9-17-7-12(4)21-13(5)8-17/h6,10,12-13,20H,7-9H2,1-5H3. The molecule has 118 valence electrons. The molecule has 5 nitrogen and oxygen atoms in total. The van der Waals surface area contributed by atoms with Crippen LogP contribution in [0, 0.1) is 6.92 Å². The first kappa shape index (κ1) is 16.0. The molecule has 0 radical (unpaired) electrons. The van der Waals surface area contributed by atoms with Gasteiger partial charge >= 0.3 is 0 Å². The summed E-state index contributed by atoms with van der Waals surface area (Å²) in [5.41, 5.74) is 1.29. The predicted octanol–water partition coefficient (Wildman–Crippen LogP) is 2.05. The minimum Gasteiger partial charge on any atom is -0.503 e. The Morgan fingerprint density at radius 2 is 1.90 bits per heavy atom. The highest BCUT2D eigenvalue weighted by atomic mass is 16.5. The molecular weight excluding hydrogens is 268 g/mol. The van der Waals surface area contributed by atoms with Crippen molar-refractivity contribution in [2.24, 2.45) is 0 Å². The van der Waals surface area contributed by atoms with Gasteiger partial charge < -0.3 is 14.4 Å². The fourth-order valence-electron chi connectivity index (χ4n) is 3.29. The van der Waals surface area contributed by atoms with E-state index in [0.29, 0.717) is 12.2 Å². The van der Waals surface area contributed by atoms with Crippen molar-refractivity contribution in [2.45, 2.75) is 59.4 Å². The van der Waals surface area contributed by atoms with Gasteiger partial charge in [-0.3, -0.25) is 9.69 Å². The molecule has 1 aliphatic heterocycles. The highest BCUT2D eigenvalue weighted by molar-refractivity contribution is 5.30. The molecule has 1 saturated heterocycles. The van der Waals surface area contributed by atoms with E-state index in [2.05, 4.69) is 18.7 Å². The van der Waals surface area contributed by atoms with Gasteiger partial charge in [-0.05, 0) is 34.6 Å². The van der Waals surface area contributed by atoms with Crippen molar-refractivity contribution >= 4 is 0 Å². The van der Waals surface area contributed by atoms with E-state index >= 15 is 0 Å². The second-order valence-corrected chi connectivity index (χ2v) is 6.36. The summed E-state index contributed by atoms with van der Waals surface area (Å²) in [5.74, 6) is -0.124. The molecule has 1 fully saturated rings. The van der Waals surface area contributed by atoms with Crippen LogP contribution in [0.25, 0.3) is 0 Å². The Kier molecular flexibility index (Phi) is 4.74. The van der Waals surface area contributed by atoms with Crippen molar-refractivity contribution in [2.75, 3.05) is 13.1 Å². The van der Waals surface area contributed by atoms with Crippen molar-refractivity contribution in [1.82, 2.24) is 9.47 Å². The van der Waals surface area contributed by atoms with Gasteiger partial charge in [-0.15, -0.1) is 0 Å². The van der Waals surface area contributed by atoms with Crippen molar-refractivity contribution in [1.29, 1.82) is 0 Å². The Labute approximate surface area is 126 Å². The maximum absolute atomic E-state index is 11.9. The molecule has 0 aromatic carbocycles. The van der Waals surface area contributed by atoms with Crippen molar-refractivity contribution in [3.05, 3.63) is 27.7 Å². The SMILES string of the molecule is Cc1cc(=O)c(O)c(CN2CC(C)OC(C)C2)n1C(C)C. The van der Waals surface area contributed by atoms with Gasteiger partial charge in [-0.2, -0.15) is 0 Å². The Morgan fingerprint density at radius 1 is 1.33 bits per heavy atom. The highest BCUT2D eigenvalue weighted by Gasteiger charge is 2.25. The fraction of sp³-hybridized carbons (Fsp3) is 0.688. The number of nitrogens with zero attached hydrogens (tertiary/aromatic N) is 2. The third-order valence-corrected chi connectivity index (χ3v) is 3.90. The third kappa shape index (κ3) is 3.47. The summed E-state index contributed by atoms with van der Waals surface area (Å²) >= 11 is 0. The molecule has 21 heavy (non-hydrogen) atoms. The van der Waals surface area contributed by atoms with Gasteiger partial charge in [0.15, 0.2) is 5.75 Å². The smallest absolute Gasteiger partial charge is 0.223 e. The second-order valence-electron chi connectivity index (χ2n) is 6.36. The van der Waals surface area contributed by atoms with Gasteiger partial charge in [0.25, 0.3) is 0 Å². The van der Waals surface area contributed by atoms with Crippen LogP contribution in [-0.4, -0.2) is 39.9 Å². The van der Waals surface area contributed by atoms with Crippen LogP contribution in [0.4, 0.5) is 0 Å². The zero-order chi connectivity index (χ0) is 15.7. The molecule has 2 unspecified atom stereocenters. The average Bonchev–Trinajstić information content (AvgIpc) is 2.33. The van der Waals surface area contributed by atoms with Crippen LogP contribution in [0.2, 0.25) is 0 Å². The molecule has 0 bridgehead atoms. The van der Waals surface area contributed by atoms with Gasteiger partial charge in [0.1, 0.15) is 0 Å². The Hall–Kier alpha value is -1.33. The number of hydrogen-bond donors (Lipinski definition) is 1. The zero-order valence-corrected chi connectivity index (χ0v) is 13.6. The largest absolute Gasteiger partial charge is 0.503 e. The third-order valence-electron chi connectivity index (χ3n) is 3.90. The quantitative estimate of drug-likeness (QED) is 0.927. The maximum atomic E-state index is 11.9. The van der Waals surface area contributed by atoms with E-state index in [4.69, 9.17) is 4.74 Å². The van der Waals surface area contributed by atoms with Crippen molar-refractivity contribution in [3.8, 4) is 5.75 Å². The molecule has 1 aromatic rings. The van der Waals surface area contributed by atoms with E-state index < -0.39 is 0 Å². The van der Waals surface area contributed by atoms with Crippen LogP contribution in [0.1, 0.15) is 45.1 Å². The van der Waals surface area contributed by atoms with Gasteiger partial charge in [0.05, 0.1) is 17.9 Å². The van der Waals surface area contributed by atoms with Crippen molar-refractivity contribution in [3.63, 3.8) is 0 Å². The lowest BCUT2D eigenvalue weighted by atomic mass is 10.1. The van der Waals surface area contributed by atoms with Crippen LogP contribution >= 0.6 is 0 Å². The van der Waals surface area contributed by atoms with E-state index in [1.54, 1.807) is 0 Å². The van der Waals surface area contributed by atoms with Crippen LogP contribution in [0.15, 0.2) is 10.9 Å². The molecule has 0 aliphatic carbocycles. The van der Waals surface area contributed by atoms with Crippen LogP contribution in [0.3, 0.4) is 0 Å². The number of pyridine rings is 1. The number of rotatable bonds is 3. The number of ether oxygens (including phenoxy) is 1. The monoisotopic (exact) mass is 294 g/mol. The molecule has 0 amide bonds. The van der Waals surface area contributed by atoms with E-state index in [1.807, 2.05) is 25.3 Å². The Bertz CT molecular complexity index is 555. The number of aromatic nitrogens is 1. The summed E-state index contributed by atoms with van der Waals surface area (Å²) in [6.45, 7) is 12.3. The van der Waals surface area contributed by atoms with Gasteiger partial charge in [0, 0.05) is 37.4 Å². The topological polar surface area (TPSA) is 54.7 Å². The van der Waals surface area contributed by atoms with Gasteiger partial charge in [0.2, 0.25) is 5.43 Å². The average molecular weight is 294 g/mol. The molecule has 5 heteroatoms. The lowest BCUT2D eigenvalue weighted by molar-refractivity contribution is -0.0712. The fourth-order valence-corrected chi connectivity index (χ4v) is 3.29. The molecule has 0 spiro atoms. The van der Waals surface area contributed by atoms with E-state index in [-0.39, 0.29) is 29.4 Å². The Balaban J connectivity index is 2.36. The van der Waals surface area contributed by atoms with E-state index in [0.717, 1.165) is 18.8 Å². The molecular formula is C16H26N2O3. The molecule has 2 atom stereocenters. The summed E-state index contributed by atoms with van der Waals surface area (Å²) in [6.07, 6.45) is 0.333. The summed E-state index contributed by atoms with van der Waals surface area (Å²) in [4.78, 5) is 14.1. The van der Waals surface area contributed by atoms with Crippen molar-refractivity contribution < 1.29 is 9.84 Å². The first-order valence-corrected chi connectivity index (χ1v) is 7.61. The van der Waals surface area contributed by atoms with E-state index in [9.17, 15) is 9.90 Å². The molecule has 1 aromatic heterocycles. The number of hydrogen-bond acceptors (Lipinski definition) is 4. The van der Waals surface area contributed by atoms with Crippen LogP contribution < -0.4 is 5.43 Å². The minimum atomic E-state index is -0.297. The minimum absolute atomic E-state index is 0.124. The molecule has 1 aliphatic rings. The number of aryl methyl sites for hydroxylation is 1. The number of morpholine rings is 1. The lowest BCUT2D eigenvalue weighted by Gasteiger charge is -2.36. The molecule has 1 N–H and O–H groups in total. The lowest BCUT2D eigenvalue weighted by Crippen LogP contribution is -2.45. The summed E-state index contributed by atoms with van der Waals surface area (Å²) < 4.78 is 7.78. The predicted molar refractivity (Wildman–Crippen MR) is 82.8 cm³/mol. The van der Waals surface area contributed by atoms with Gasteiger partial charge in [-0.25, -0.2) is 0 Å².